The maximum atomic E-state index is 12.7. The number of aromatic nitrogens is 2. The molecule has 2 rings (SSSR count). The van der Waals surface area contributed by atoms with Crippen LogP contribution in [0.3, 0.4) is 0 Å². The zero-order valence-electron chi connectivity index (χ0n) is 17.7. The third kappa shape index (κ3) is 7.89. The fraction of sp³-hybridized carbons (Fsp3) is 0.389. The predicted octanol–water partition coefficient (Wildman–Crippen LogP) is 1.07. The molecule has 14 heteroatoms. The van der Waals surface area contributed by atoms with Gasteiger partial charge in [0.25, 0.3) is 10.0 Å². The van der Waals surface area contributed by atoms with Crippen molar-refractivity contribution in [1.29, 1.82) is 0 Å². The van der Waals surface area contributed by atoms with Crippen molar-refractivity contribution in [3.63, 3.8) is 0 Å². The quantitative estimate of drug-likeness (QED) is 0.561. The minimum atomic E-state index is -4.70. The summed E-state index contributed by atoms with van der Waals surface area (Å²) < 4.78 is 69.6. The molecule has 0 spiro atoms. The van der Waals surface area contributed by atoms with Gasteiger partial charge in [-0.3, -0.25) is 9.59 Å². The molecule has 1 aromatic carbocycles. The van der Waals surface area contributed by atoms with Gasteiger partial charge in [0.05, 0.1) is 16.7 Å². The van der Waals surface area contributed by atoms with E-state index in [1.165, 1.54) is 26.0 Å². The average molecular weight is 486 g/mol. The second-order valence-electron chi connectivity index (χ2n) is 7.25. The molecule has 2 aromatic rings. The standard InChI is InChI=1S/C18H20F3N3O6S.Na/c1-11(25)23-31(28,29)13-6-4-12(5-7-13)14-8-22-24(9-18(19,20)21)16(26)15(14)30-10-17(2,3)27;/h4-8,27H,9-10H2,1-3H3,(H,23,25);. The SMILES string of the molecule is CC(=O)NS(=O)(=O)c1ccc(-c2cnn(CC(F)(F)F)c(=O)c2OCC(C)(C)O)cc1.[Na]. The van der Waals surface area contributed by atoms with Crippen molar-refractivity contribution in [3.05, 3.63) is 40.8 Å². The van der Waals surface area contributed by atoms with Crippen LogP contribution >= 0.6 is 0 Å². The molecular weight excluding hydrogens is 466 g/mol. The smallest absolute Gasteiger partial charge is 0.408 e. The Morgan fingerprint density at radius 3 is 2.25 bits per heavy atom. The number of carbonyl (C=O) groups excluding carboxylic acids is 1. The molecule has 171 valence electrons. The van der Waals surface area contributed by atoms with E-state index in [4.69, 9.17) is 4.74 Å². The van der Waals surface area contributed by atoms with E-state index in [1.807, 2.05) is 0 Å². The van der Waals surface area contributed by atoms with Crippen molar-refractivity contribution in [1.82, 2.24) is 14.5 Å². The van der Waals surface area contributed by atoms with Gasteiger partial charge in [0, 0.05) is 42.0 Å². The molecule has 0 saturated heterocycles. The molecule has 2 N–H and O–H groups in total. The van der Waals surface area contributed by atoms with E-state index in [0.29, 0.717) is 0 Å². The number of hydrogen-bond donors (Lipinski definition) is 2. The van der Waals surface area contributed by atoms with Gasteiger partial charge < -0.3 is 9.84 Å². The zero-order chi connectivity index (χ0) is 23.6. The average Bonchev–Trinajstić information content (AvgIpc) is 2.59. The van der Waals surface area contributed by atoms with Crippen LogP contribution in [-0.4, -0.2) is 77.2 Å². The van der Waals surface area contributed by atoms with Crippen LogP contribution in [0.4, 0.5) is 13.2 Å². The molecule has 32 heavy (non-hydrogen) atoms. The van der Waals surface area contributed by atoms with Crippen molar-refractivity contribution >= 4 is 45.5 Å². The molecule has 0 bridgehead atoms. The third-order valence-electron chi connectivity index (χ3n) is 3.65. The van der Waals surface area contributed by atoms with Gasteiger partial charge in [-0.15, -0.1) is 0 Å². The number of rotatable bonds is 7. The van der Waals surface area contributed by atoms with E-state index in [1.54, 1.807) is 4.72 Å². The first-order valence-electron chi connectivity index (χ1n) is 8.75. The van der Waals surface area contributed by atoms with Crippen molar-refractivity contribution in [2.24, 2.45) is 0 Å². The number of halogens is 3. The first kappa shape index (κ1) is 28.1. The van der Waals surface area contributed by atoms with Crippen molar-refractivity contribution in [3.8, 4) is 16.9 Å². The summed E-state index contributed by atoms with van der Waals surface area (Å²) in [6.45, 7) is 1.74. The number of hydrogen-bond acceptors (Lipinski definition) is 7. The Morgan fingerprint density at radius 2 is 1.78 bits per heavy atom. The summed E-state index contributed by atoms with van der Waals surface area (Å²) >= 11 is 0. The summed E-state index contributed by atoms with van der Waals surface area (Å²) in [6, 6.07) is 4.83. The number of nitrogens with one attached hydrogen (secondary N) is 1. The fourth-order valence-corrected chi connectivity index (χ4v) is 3.40. The van der Waals surface area contributed by atoms with Crippen LogP contribution in [0.2, 0.25) is 0 Å². The van der Waals surface area contributed by atoms with Gasteiger partial charge >= 0.3 is 11.7 Å². The van der Waals surface area contributed by atoms with E-state index in [2.05, 4.69) is 5.10 Å². The molecule has 0 aliphatic rings. The largest absolute Gasteiger partial charge is 0.484 e. The van der Waals surface area contributed by atoms with E-state index in [-0.39, 0.29) is 50.3 Å². The number of benzene rings is 1. The van der Waals surface area contributed by atoms with Crippen LogP contribution in [0.5, 0.6) is 5.75 Å². The van der Waals surface area contributed by atoms with Crippen LogP contribution in [-0.2, 0) is 21.4 Å². The Morgan fingerprint density at radius 1 is 1.22 bits per heavy atom. The Bertz CT molecular complexity index is 1130. The van der Waals surface area contributed by atoms with Crippen LogP contribution in [0.25, 0.3) is 11.1 Å². The van der Waals surface area contributed by atoms with Gasteiger partial charge in [0.2, 0.25) is 5.91 Å². The zero-order valence-corrected chi connectivity index (χ0v) is 20.5. The minimum absolute atomic E-state index is 0. The van der Waals surface area contributed by atoms with E-state index in [0.717, 1.165) is 25.3 Å². The maximum Gasteiger partial charge on any atom is 0.408 e. The molecule has 1 aromatic heterocycles. The van der Waals surface area contributed by atoms with Gasteiger partial charge in [-0.05, 0) is 31.5 Å². The van der Waals surface area contributed by atoms with Crippen LogP contribution in [0.15, 0.2) is 40.2 Å². The van der Waals surface area contributed by atoms with Crippen LogP contribution in [0.1, 0.15) is 20.8 Å². The van der Waals surface area contributed by atoms with Gasteiger partial charge in [-0.25, -0.2) is 17.8 Å². The number of nitrogens with zero attached hydrogens (tertiary/aromatic N) is 2. The Labute approximate surface area is 203 Å². The third-order valence-corrected chi connectivity index (χ3v) is 5.10. The molecule has 0 fully saturated rings. The number of sulfonamides is 1. The van der Waals surface area contributed by atoms with Gasteiger partial charge in [-0.2, -0.15) is 18.3 Å². The summed E-state index contributed by atoms with van der Waals surface area (Å²) in [4.78, 5) is 23.3. The number of alkyl halides is 3. The molecule has 9 nitrogen and oxygen atoms in total. The molecule has 1 radical (unpaired) electrons. The number of aliphatic hydroxyl groups is 1. The van der Waals surface area contributed by atoms with Crippen molar-refractivity contribution in [2.75, 3.05) is 6.61 Å². The first-order chi connectivity index (χ1) is 14.1. The molecule has 0 atom stereocenters. The fourth-order valence-electron chi connectivity index (χ4n) is 2.41. The minimum Gasteiger partial charge on any atom is -0.484 e. The molecule has 0 aliphatic heterocycles. The molecule has 1 heterocycles. The molecule has 1 amide bonds. The monoisotopic (exact) mass is 486 g/mol. The van der Waals surface area contributed by atoms with E-state index >= 15 is 0 Å². The Kier molecular flexibility index (Phi) is 9.08. The predicted molar refractivity (Wildman–Crippen MR) is 109 cm³/mol. The van der Waals surface area contributed by atoms with Crippen molar-refractivity contribution in [2.45, 2.75) is 44.0 Å². The maximum absolute atomic E-state index is 12.7. The van der Waals surface area contributed by atoms with Gasteiger partial charge in [-0.1, -0.05) is 12.1 Å². The second-order valence-corrected chi connectivity index (χ2v) is 8.93. The first-order valence-corrected chi connectivity index (χ1v) is 10.2. The summed E-state index contributed by atoms with van der Waals surface area (Å²) in [7, 11) is -4.10. The Balaban J connectivity index is 0.00000512. The summed E-state index contributed by atoms with van der Waals surface area (Å²) in [5.74, 6) is -1.28. The van der Waals surface area contributed by atoms with E-state index in [9.17, 15) is 36.3 Å². The topological polar surface area (TPSA) is 128 Å². The summed E-state index contributed by atoms with van der Waals surface area (Å²) in [5.41, 5.74) is -2.35. The van der Waals surface area contributed by atoms with Crippen LogP contribution in [0, 0.1) is 0 Å². The summed E-state index contributed by atoms with van der Waals surface area (Å²) in [6.07, 6.45) is -3.73. The van der Waals surface area contributed by atoms with Gasteiger partial charge in [0.1, 0.15) is 13.2 Å². The summed E-state index contributed by atoms with van der Waals surface area (Å²) in [5, 5.41) is 13.4. The number of carbonyl (C=O) groups is 1. The number of amides is 1. The number of ether oxygens (including phenoxy) is 1. The van der Waals surface area contributed by atoms with E-state index < -0.39 is 52.2 Å². The molecular formula is C18H20F3N3NaO6S. The Hall–Kier alpha value is -1.93. The van der Waals surface area contributed by atoms with Gasteiger partial charge in [0.15, 0.2) is 5.75 Å². The molecule has 0 saturated carbocycles. The molecule has 0 aliphatic carbocycles. The molecule has 0 unspecified atom stereocenters. The van der Waals surface area contributed by atoms with Crippen molar-refractivity contribution < 1.29 is 36.2 Å². The normalized spacial score (nSPS) is 12.1. The second kappa shape index (κ2) is 10.3. The van der Waals surface area contributed by atoms with Crippen LogP contribution < -0.4 is 15.0 Å².